The van der Waals surface area contributed by atoms with Crippen molar-refractivity contribution in [2.24, 2.45) is 0 Å². The fourth-order valence-electron chi connectivity index (χ4n) is 2.79. The summed E-state index contributed by atoms with van der Waals surface area (Å²) in [4.78, 5) is 25.3. The lowest BCUT2D eigenvalue weighted by Gasteiger charge is -2.10. The summed E-state index contributed by atoms with van der Waals surface area (Å²) in [6, 6.07) is 16.2. The second-order valence-corrected chi connectivity index (χ2v) is 7.16. The van der Waals surface area contributed by atoms with Crippen molar-refractivity contribution in [2.45, 2.75) is 13.5 Å². The average Bonchev–Trinajstić information content (AvgIpc) is 3.23. The van der Waals surface area contributed by atoms with Crippen molar-refractivity contribution in [3.8, 4) is 0 Å². The van der Waals surface area contributed by atoms with Gasteiger partial charge in [-0.2, -0.15) is 19.6 Å². The fourth-order valence-corrected chi connectivity index (χ4v) is 2.92. The van der Waals surface area contributed by atoms with Crippen LogP contribution >= 0.6 is 11.6 Å². The Morgan fingerprint density at radius 2 is 1.88 bits per heavy atom. The van der Waals surface area contributed by atoms with Gasteiger partial charge in [-0.05, 0) is 53.3 Å². The van der Waals surface area contributed by atoms with Crippen molar-refractivity contribution >= 4 is 46.9 Å². The third-order valence-electron chi connectivity index (χ3n) is 4.30. The highest BCUT2D eigenvalue weighted by Crippen LogP contribution is 2.18. The second-order valence-electron chi connectivity index (χ2n) is 6.72. The molecule has 4 aromatic rings. The normalized spacial score (nSPS) is 11.3. The molecule has 166 valence electrons. The van der Waals surface area contributed by atoms with Crippen molar-refractivity contribution in [3.63, 3.8) is 0 Å². The number of nitrogens with one attached hydrogen (secondary N) is 1. The van der Waals surface area contributed by atoms with Gasteiger partial charge in [-0.3, -0.25) is 0 Å². The van der Waals surface area contributed by atoms with Crippen molar-refractivity contribution in [1.82, 2.24) is 35.2 Å². The third-order valence-corrected chi connectivity index (χ3v) is 4.55. The van der Waals surface area contributed by atoms with Crippen LogP contribution in [0, 0.1) is 6.92 Å². The number of rotatable bonds is 7. The summed E-state index contributed by atoms with van der Waals surface area (Å²) < 4.78 is 6.74. The van der Waals surface area contributed by atoms with Crippen LogP contribution in [-0.2, 0) is 16.1 Å². The Balaban J connectivity index is 1.53. The zero-order chi connectivity index (χ0) is 23.2. The first kappa shape index (κ1) is 21.8. The molecule has 0 aliphatic rings. The van der Waals surface area contributed by atoms with E-state index in [0.717, 1.165) is 5.56 Å². The van der Waals surface area contributed by atoms with Crippen molar-refractivity contribution < 1.29 is 9.53 Å². The highest BCUT2D eigenvalue weighted by atomic mass is 35.5. The van der Waals surface area contributed by atoms with E-state index < -0.39 is 5.97 Å². The Hall–Kier alpha value is -4.38. The van der Waals surface area contributed by atoms with E-state index in [4.69, 9.17) is 22.1 Å². The molecule has 0 saturated carbocycles. The topological polar surface area (TPSA) is 147 Å². The van der Waals surface area contributed by atoms with Crippen LogP contribution < -0.4 is 11.1 Å². The molecule has 11 nitrogen and oxygen atoms in total. The number of aryl methyl sites for hydroxylation is 1. The average molecular weight is 464 g/mol. The summed E-state index contributed by atoms with van der Waals surface area (Å²) in [6.07, 6.45) is 1.63. The third kappa shape index (κ3) is 5.66. The molecule has 0 aliphatic carbocycles. The summed E-state index contributed by atoms with van der Waals surface area (Å²) in [7, 11) is 0. The summed E-state index contributed by atoms with van der Waals surface area (Å²) in [6.45, 7) is 1.43. The second kappa shape index (κ2) is 9.83. The van der Waals surface area contributed by atoms with Gasteiger partial charge >= 0.3 is 5.97 Å². The van der Waals surface area contributed by atoms with Gasteiger partial charge in [0.15, 0.2) is 24.0 Å². The van der Waals surface area contributed by atoms with E-state index in [1.54, 1.807) is 37.3 Å². The lowest BCUT2D eigenvalue weighted by atomic mass is 10.2. The number of halogens is 1. The monoisotopic (exact) mass is 463 g/mol. The van der Waals surface area contributed by atoms with E-state index >= 15 is 0 Å². The van der Waals surface area contributed by atoms with Crippen LogP contribution in [0.4, 0.5) is 17.6 Å². The number of esters is 1. The largest absolute Gasteiger partial charge is 0.453 e. The Bertz CT molecular complexity index is 1290. The van der Waals surface area contributed by atoms with Crippen LogP contribution in [0.25, 0.3) is 11.8 Å². The quantitative estimate of drug-likeness (QED) is 0.309. The molecule has 0 unspecified atom stereocenters. The maximum atomic E-state index is 12.9. The van der Waals surface area contributed by atoms with Gasteiger partial charge in [0.05, 0.1) is 0 Å². The van der Waals surface area contributed by atoms with Gasteiger partial charge in [-0.15, -0.1) is 5.10 Å². The van der Waals surface area contributed by atoms with Crippen LogP contribution in [0.1, 0.15) is 17.2 Å². The Kier molecular flexibility index (Phi) is 6.51. The SMILES string of the molecule is Cc1nnnn1/C(=C\c1ccccc1)C(=O)OCc1nc(N)nc(Nc2ccc(Cl)cc2)n1. The Labute approximate surface area is 193 Å². The molecule has 12 heteroatoms. The molecule has 0 radical (unpaired) electrons. The summed E-state index contributed by atoms with van der Waals surface area (Å²) in [5.41, 5.74) is 7.41. The van der Waals surface area contributed by atoms with Crippen LogP contribution in [0.3, 0.4) is 0 Å². The van der Waals surface area contributed by atoms with Gasteiger partial charge in [-0.1, -0.05) is 41.9 Å². The first-order valence-electron chi connectivity index (χ1n) is 9.70. The number of benzene rings is 2. The smallest absolute Gasteiger partial charge is 0.357 e. The molecule has 2 heterocycles. The lowest BCUT2D eigenvalue weighted by Crippen LogP contribution is -2.16. The maximum absolute atomic E-state index is 12.9. The number of tetrazole rings is 1. The first-order chi connectivity index (χ1) is 16.0. The number of carbonyl (C=O) groups is 1. The van der Waals surface area contributed by atoms with Gasteiger partial charge in [0.25, 0.3) is 0 Å². The van der Waals surface area contributed by atoms with Crippen molar-refractivity contribution in [1.29, 1.82) is 0 Å². The number of aromatic nitrogens is 7. The predicted molar refractivity (Wildman–Crippen MR) is 122 cm³/mol. The number of nitrogen functional groups attached to an aromatic ring is 1. The Morgan fingerprint density at radius 1 is 1.12 bits per heavy atom. The van der Waals surface area contributed by atoms with E-state index in [0.29, 0.717) is 16.5 Å². The summed E-state index contributed by atoms with van der Waals surface area (Å²) in [5, 5.41) is 14.9. The molecule has 0 spiro atoms. The van der Waals surface area contributed by atoms with E-state index in [2.05, 4.69) is 35.8 Å². The molecule has 0 aliphatic heterocycles. The van der Waals surface area contributed by atoms with E-state index in [-0.39, 0.29) is 30.0 Å². The predicted octanol–water partition coefficient (Wildman–Crippen LogP) is 2.89. The molecule has 0 saturated heterocycles. The molecule has 0 atom stereocenters. The number of nitrogens with two attached hydrogens (primary N) is 1. The fraction of sp³-hybridized carbons (Fsp3) is 0.0952. The number of carbonyl (C=O) groups excluding carboxylic acids is 1. The number of hydrogen-bond donors (Lipinski definition) is 2. The van der Waals surface area contributed by atoms with E-state index in [9.17, 15) is 4.79 Å². The van der Waals surface area contributed by atoms with Crippen LogP contribution in [0.2, 0.25) is 5.02 Å². The van der Waals surface area contributed by atoms with Gasteiger partial charge < -0.3 is 15.8 Å². The molecule has 0 fully saturated rings. The van der Waals surface area contributed by atoms with Crippen molar-refractivity contribution in [3.05, 3.63) is 76.8 Å². The van der Waals surface area contributed by atoms with Crippen molar-refractivity contribution in [2.75, 3.05) is 11.1 Å². The van der Waals surface area contributed by atoms with Gasteiger partial charge in [0.1, 0.15) is 0 Å². The minimum atomic E-state index is -0.666. The molecule has 0 bridgehead atoms. The summed E-state index contributed by atoms with van der Waals surface area (Å²) in [5.74, 6) is 0.101. The molecular weight excluding hydrogens is 446 g/mol. The molecule has 33 heavy (non-hydrogen) atoms. The highest BCUT2D eigenvalue weighted by Gasteiger charge is 2.19. The van der Waals surface area contributed by atoms with E-state index in [1.165, 1.54) is 4.68 Å². The van der Waals surface area contributed by atoms with Crippen LogP contribution in [0.5, 0.6) is 0 Å². The van der Waals surface area contributed by atoms with Crippen LogP contribution in [0.15, 0.2) is 54.6 Å². The first-order valence-corrected chi connectivity index (χ1v) is 10.1. The standard InChI is InChI=1S/C21H18ClN9O2/c1-13-28-29-30-31(13)17(11-14-5-3-2-4-6-14)19(32)33-12-18-25-20(23)27-21(26-18)24-16-9-7-15(22)8-10-16/h2-11H,12H2,1H3,(H3,23,24,25,26,27)/b17-11-. The molecule has 2 aromatic heterocycles. The lowest BCUT2D eigenvalue weighted by molar-refractivity contribution is -0.138. The van der Waals surface area contributed by atoms with Gasteiger partial charge in [-0.25, -0.2) is 4.79 Å². The molecule has 4 rings (SSSR count). The molecular formula is C21H18ClN9O2. The summed E-state index contributed by atoms with van der Waals surface area (Å²) >= 11 is 5.90. The van der Waals surface area contributed by atoms with Crippen LogP contribution in [-0.4, -0.2) is 41.1 Å². The molecule has 2 aromatic carbocycles. The molecule has 0 amide bonds. The number of hydrogen-bond acceptors (Lipinski definition) is 10. The molecule has 3 N–H and O–H groups in total. The zero-order valence-electron chi connectivity index (χ0n) is 17.4. The van der Waals surface area contributed by atoms with Gasteiger partial charge in [0.2, 0.25) is 11.9 Å². The van der Waals surface area contributed by atoms with E-state index in [1.807, 2.05) is 30.3 Å². The highest BCUT2D eigenvalue weighted by molar-refractivity contribution is 6.30. The minimum absolute atomic E-state index is 0.0242. The zero-order valence-corrected chi connectivity index (χ0v) is 18.1. The number of nitrogens with zero attached hydrogens (tertiary/aromatic N) is 7. The van der Waals surface area contributed by atoms with Gasteiger partial charge in [0, 0.05) is 10.7 Å². The Morgan fingerprint density at radius 3 is 2.58 bits per heavy atom. The number of anilines is 3. The minimum Gasteiger partial charge on any atom is -0.453 e. The maximum Gasteiger partial charge on any atom is 0.357 e. The number of ether oxygens (including phenoxy) is 1.